The first kappa shape index (κ1) is 10.4. The molecule has 2 rings (SSSR count). The Balaban J connectivity index is 2.26. The van der Waals surface area contributed by atoms with Gasteiger partial charge in [-0.05, 0) is 37.0 Å². The fourth-order valence-electron chi connectivity index (χ4n) is 1.65. The molecule has 4 heteroatoms. The summed E-state index contributed by atoms with van der Waals surface area (Å²) in [5, 5.41) is 0. The van der Waals surface area contributed by atoms with Crippen LogP contribution >= 0.6 is 0 Å². The van der Waals surface area contributed by atoms with Gasteiger partial charge in [-0.3, -0.25) is 0 Å². The largest absolute Gasteiger partial charge is 0.491 e. The molecule has 0 amide bonds. The molecule has 82 valence electrons. The smallest absolute Gasteiger partial charge is 0.190 e. The Morgan fingerprint density at radius 1 is 1.33 bits per heavy atom. The predicted octanol–water partition coefficient (Wildman–Crippen LogP) is 2.01. The van der Waals surface area contributed by atoms with Crippen LogP contribution in [0.15, 0.2) is 12.1 Å². The standard InChI is InChI=1S/C11H13F2NO/c1-15-10-8(12)4-7(5-9(10)13)6-11(14)2-3-11/h4-5H,2-3,6,14H2,1H3. The summed E-state index contributed by atoms with van der Waals surface area (Å²) in [5.41, 5.74) is 6.22. The van der Waals surface area contributed by atoms with Crippen molar-refractivity contribution in [3.63, 3.8) is 0 Å². The quantitative estimate of drug-likeness (QED) is 0.833. The lowest BCUT2D eigenvalue weighted by Gasteiger charge is -2.10. The van der Waals surface area contributed by atoms with Gasteiger partial charge in [-0.15, -0.1) is 0 Å². The minimum absolute atomic E-state index is 0.243. The third kappa shape index (κ3) is 2.09. The van der Waals surface area contributed by atoms with Gasteiger partial charge in [0.05, 0.1) is 7.11 Å². The SMILES string of the molecule is COc1c(F)cc(CC2(N)CC2)cc1F. The number of rotatable bonds is 3. The van der Waals surface area contributed by atoms with Gasteiger partial charge in [0.25, 0.3) is 0 Å². The van der Waals surface area contributed by atoms with Crippen LogP contribution in [-0.4, -0.2) is 12.6 Å². The zero-order chi connectivity index (χ0) is 11.1. The summed E-state index contributed by atoms with van der Waals surface area (Å²) in [7, 11) is 1.24. The normalized spacial score (nSPS) is 17.6. The van der Waals surface area contributed by atoms with Crippen LogP contribution in [-0.2, 0) is 6.42 Å². The van der Waals surface area contributed by atoms with Crippen LogP contribution in [0.5, 0.6) is 5.75 Å². The van der Waals surface area contributed by atoms with E-state index in [4.69, 9.17) is 5.73 Å². The highest BCUT2D eigenvalue weighted by Crippen LogP contribution is 2.36. The van der Waals surface area contributed by atoms with Crippen molar-refractivity contribution in [2.75, 3.05) is 7.11 Å². The summed E-state index contributed by atoms with van der Waals surface area (Å²) in [6.07, 6.45) is 2.36. The molecule has 2 N–H and O–H groups in total. The van der Waals surface area contributed by atoms with Crippen LogP contribution in [0.1, 0.15) is 18.4 Å². The average molecular weight is 213 g/mol. The lowest BCUT2D eigenvalue weighted by atomic mass is 10.0. The minimum atomic E-state index is -0.670. The molecule has 0 bridgehead atoms. The number of ether oxygens (including phenoxy) is 1. The monoisotopic (exact) mass is 213 g/mol. The predicted molar refractivity (Wildman–Crippen MR) is 52.8 cm³/mol. The summed E-state index contributed by atoms with van der Waals surface area (Å²) >= 11 is 0. The van der Waals surface area contributed by atoms with Crippen LogP contribution in [0.3, 0.4) is 0 Å². The van der Waals surface area contributed by atoms with E-state index in [9.17, 15) is 8.78 Å². The fourth-order valence-corrected chi connectivity index (χ4v) is 1.65. The maximum absolute atomic E-state index is 13.3. The molecule has 0 atom stereocenters. The van der Waals surface area contributed by atoms with Crippen molar-refractivity contribution in [1.82, 2.24) is 0 Å². The number of methoxy groups -OCH3 is 1. The van der Waals surface area contributed by atoms with Gasteiger partial charge in [0.1, 0.15) is 0 Å². The van der Waals surface area contributed by atoms with Crippen LogP contribution in [0, 0.1) is 11.6 Å². The van der Waals surface area contributed by atoms with Crippen LogP contribution in [0.4, 0.5) is 8.78 Å². The maximum Gasteiger partial charge on any atom is 0.190 e. The van der Waals surface area contributed by atoms with Crippen molar-refractivity contribution >= 4 is 0 Å². The molecule has 0 saturated heterocycles. The summed E-state index contributed by atoms with van der Waals surface area (Å²) < 4.78 is 31.2. The molecule has 2 nitrogen and oxygen atoms in total. The van der Waals surface area contributed by atoms with Crippen LogP contribution in [0.25, 0.3) is 0 Å². The third-order valence-electron chi connectivity index (χ3n) is 2.71. The van der Waals surface area contributed by atoms with Crippen molar-refractivity contribution in [2.24, 2.45) is 5.73 Å². The molecule has 0 radical (unpaired) electrons. The summed E-state index contributed by atoms with van der Waals surface area (Å²) in [5.74, 6) is -1.67. The van der Waals surface area contributed by atoms with Crippen molar-refractivity contribution in [3.05, 3.63) is 29.3 Å². The van der Waals surface area contributed by atoms with Gasteiger partial charge in [0, 0.05) is 5.54 Å². The molecule has 1 aromatic carbocycles. The molecular weight excluding hydrogens is 200 g/mol. The molecule has 15 heavy (non-hydrogen) atoms. The van der Waals surface area contributed by atoms with E-state index < -0.39 is 11.6 Å². The van der Waals surface area contributed by atoms with Gasteiger partial charge in [-0.25, -0.2) is 8.78 Å². The van der Waals surface area contributed by atoms with E-state index in [-0.39, 0.29) is 11.3 Å². The van der Waals surface area contributed by atoms with Crippen molar-refractivity contribution in [3.8, 4) is 5.75 Å². The topological polar surface area (TPSA) is 35.2 Å². The van der Waals surface area contributed by atoms with E-state index in [1.165, 1.54) is 19.2 Å². The highest BCUT2D eigenvalue weighted by Gasteiger charge is 2.38. The van der Waals surface area contributed by atoms with E-state index in [2.05, 4.69) is 4.74 Å². The Labute approximate surface area is 87.0 Å². The van der Waals surface area contributed by atoms with Crippen molar-refractivity contribution < 1.29 is 13.5 Å². The number of nitrogens with two attached hydrogens (primary N) is 1. The molecule has 0 spiro atoms. The third-order valence-corrected chi connectivity index (χ3v) is 2.71. The lowest BCUT2D eigenvalue weighted by Crippen LogP contribution is -2.24. The number of halogens is 2. The number of benzene rings is 1. The summed E-state index contributed by atoms with van der Waals surface area (Å²) in [6, 6.07) is 2.57. The lowest BCUT2D eigenvalue weighted by molar-refractivity contribution is 0.359. The molecule has 0 unspecified atom stereocenters. The Hall–Kier alpha value is -1.16. The molecule has 1 aromatic rings. The van der Waals surface area contributed by atoms with E-state index in [1.54, 1.807) is 0 Å². The first-order valence-corrected chi connectivity index (χ1v) is 4.85. The molecule has 0 heterocycles. The van der Waals surface area contributed by atoms with Gasteiger partial charge in [-0.1, -0.05) is 0 Å². The zero-order valence-electron chi connectivity index (χ0n) is 8.52. The van der Waals surface area contributed by atoms with Crippen LogP contribution in [0.2, 0.25) is 0 Å². The average Bonchev–Trinajstić information content (AvgIpc) is 2.82. The highest BCUT2D eigenvalue weighted by atomic mass is 19.1. The first-order chi connectivity index (χ1) is 7.04. The molecule has 1 fully saturated rings. The minimum Gasteiger partial charge on any atom is -0.491 e. The second-order valence-corrected chi connectivity index (χ2v) is 4.13. The van der Waals surface area contributed by atoms with Gasteiger partial charge >= 0.3 is 0 Å². The Morgan fingerprint density at radius 3 is 2.27 bits per heavy atom. The molecule has 0 aromatic heterocycles. The van der Waals surface area contributed by atoms with E-state index in [1.807, 2.05) is 0 Å². The highest BCUT2D eigenvalue weighted by molar-refractivity contribution is 5.32. The van der Waals surface area contributed by atoms with Gasteiger partial charge in [0.2, 0.25) is 0 Å². The Bertz CT molecular complexity index is 365. The van der Waals surface area contributed by atoms with E-state index in [0.29, 0.717) is 12.0 Å². The Kier molecular flexibility index (Phi) is 2.38. The van der Waals surface area contributed by atoms with Gasteiger partial charge in [0.15, 0.2) is 17.4 Å². The zero-order valence-corrected chi connectivity index (χ0v) is 8.52. The maximum atomic E-state index is 13.3. The first-order valence-electron chi connectivity index (χ1n) is 4.85. The second-order valence-electron chi connectivity index (χ2n) is 4.13. The Morgan fingerprint density at radius 2 is 1.87 bits per heavy atom. The number of hydrogen-bond acceptors (Lipinski definition) is 2. The molecule has 0 aliphatic heterocycles. The molecular formula is C11H13F2NO. The number of hydrogen-bond donors (Lipinski definition) is 1. The van der Waals surface area contributed by atoms with Crippen molar-refractivity contribution in [2.45, 2.75) is 24.8 Å². The summed E-state index contributed by atoms with van der Waals surface area (Å²) in [4.78, 5) is 0. The van der Waals surface area contributed by atoms with E-state index >= 15 is 0 Å². The fraction of sp³-hybridized carbons (Fsp3) is 0.455. The molecule has 1 saturated carbocycles. The van der Waals surface area contributed by atoms with Crippen molar-refractivity contribution in [1.29, 1.82) is 0 Å². The second kappa shape index (κ2) is 3.45. The summed E-state index contributed by atoms with van der Waals surface area (Å²) in [6.45, 7) is 0. The van der Waals surface area contributed by atoms with Gasteiger partial charge in [-0.2, -0.15) is 0 Å². The molecule has 1 aliphatic carbocycles. The van der Waals surface area contributed by atoms with E-state index in [0.717, 1.165) is 12.8 Å². The molecule has 1 aliphatic rings. The van der Waals surface area contributed by atoms with Crippen LogP contribution < -0.4 is 10.5 Å². The van der Waals surface area contributed by atoms with Gasteiger partial charge < -0.3 is 10.5 Å².